The van der Waals surface area contributed by atoms with E-state index in [-0.39, 0.29) is 29.0 Å². The summed E-state index contributed by atoms with van der Waals surface area (Å²) in [4.78, 5) is 29.0. The lowest BCUT2D eigenvalue weighted by atomic mass is 9.88. The highest BCUT2D eigenvalue weighted by Crippen LogP contribution is 2.42. The monoisotopic (exact) mass is 456 g/mol. The van der Waals surface area contributed by atoms with Gasteiger partial charge in [0.1, 0.15) is 5.82 Å². The van der Waals surface area contributed by atoms with E-state index in [2.05, 4.69) is 31.7 Å². The minimum atomic E-state index is -0.376. The normalized spacial score (nSPS) is 19.2. The first-order chi connectivity index (χ1) is 14.6. The van der Waals surface area contributed by atoms with Gasteiger partial charge >= 0.3 is 0 Å². The number of anilines is 1. The second kappa shape index (κ2) is 7.84. The van der Waals surface area contributed by atoms with Gasteiger partial charge in [0.2, 0.25) is 0 Å². The summed E-state index contributed by atoms with van der Waals surface area (Å²) in [5.74, 6) is -0.739. The molecule has 0 atom stereocenters. The van der Waals surface area contributed by atoms with Gasteiger partial charge in [-0.2, -0.15) is 0 Å². The van der Waals surface area contributed by atoms with E-state index < -0.39 is 0 Å². The van der Waals surface area contributed by atoms with Crippen LogP contribution in [0.5, 0.6) is 0 Å². The van der Waals surface area contributed by atoms with Crippen molar-refractivity contribution in [3.05, 3.63) is 74.9 Å². The highest BCUT2D eigenvalue weighted by atomic mass is 35.5. The molecular weight excluding hydrogens is 435 g/mol. The molecule has 0 N–H and O–H groups in total. The molecule has 0 aliphatic carbocycles. The number of halogens is 2. The van der Waals surface area contributed by atoms with Gasteiger partial charge in [-0.3, -0.25) is 14.5 Å². The van der Waals surface area contributed by atoms with Crippen LogP contribution in [0.4, 0.5) is 14.9 Å². The largest absolute Gasteiger partial charge is 0.365 e. The Labute approximate surface area is 190 Å². The Kier molecular flexibility index (Phi) is 5.48. The van der Waals surface area contributed by atoms with Crippen LogP contribution in [0.3, 0.4) is 0 Å². The fourth-order valence-corrected chi connectivity index (χ4v) is 4.89. The Morgan fingerprint density at radius 3 is 2.52 bits per heavy atom. The van der Waals surface area contributed by atoms with Gasteiger partial charge in [0.05, 0.1) is 17.0 Å². The minimum Gasteiger partial charge on any atom is -0.365 e. The van der Waals surface area contributed by atoms with Crippen LogP contribution in [0.2, 0.25) is 5.02 Å². The number of amides is 2. The van der Waals surface area contributed by atoms with Crippen LogP contribution >= 0.6 is 23.4 Å². The zero-order chi connectivity index (χ0) is 22.5. The number of imide groups is 1. The van der Waals surface area contributed by atoms with Crippen molar-refractivity contribution in [2.24, 2.45) is 0 Å². The van der Waals surface area contributed by atoms with Gasteiger partial charge in [0.15, 0.2) is 0 Å². The number of fused-ring (bicyclic) bond motifs is 1. The summed E-state index contributed by atoms with van der Waals surface area (Å²) in [7, 11) is 2.03. The molecule has 0 saturated carbocycles. The molecule has 2 amide bonds. The predicted octanol–water partition coefficient (Wildman–Crippen LogP) is 6.35. The summed E-state index contributed by atoms with van der Waals surface area (Å²) < 4.78 is 13.1. The second-order valence-electron chi connectivity index (χ2n) is 8.33. The molecule has 2 aliphatic rings. The fourth-order valence-electron chi connectivity index (χ4n) is 3.85. The number of nitrogens with zero attached hydrogens (tertiary/aromatic N) is 2. The summed E-state index contributed by atoms with van der Waals surface area (Å²) >= 11 is 7.45. The molecule has 0 aromatic heterocycles. The molecular formula is C24H22ClFN2O2S. The van der Waals surface area contributed by atoms with Crippen molar-refractivity contribution in [3.63, 3.8) is 0 Å². The summed E-state index contributed by atoms with van der Waals surface area (Å²) in [6, 6.07) is 9.62. The molecule has 2 aliphatic heterocycles. The Balaban J connectivity index is 1.65. The van der Waals surface area contributed by atoms with E-state index in [4.69, 9.17) is 11.6 Å². The van der Waals surface area contributed by atoms with E-state index in [1.807, 2.05) is 19.2 Å². The molecule has 0 spiro atoms. The Hall–Kier alpha value is -2.57. The molecule has 160 valence electrons. The minimum absolute atomic E-state index is 0.0991. The smallest absolute Gasteiger partial charge is 0.293 e. The lowest BCUT2D eigenvalue weighted by molar-refractivity contribution is -0.123. The molecule has 7 heteroatoms. The van der Waals surface area contributed by atoms with E-state index in [0.717, 1.165) is 33.5 Å². The predicted molar refractivity (Wildman–Crippen MR) is 125 cm³/mol. The summed E-state index contributed by atoms with van der Waals surface area (Å²) in [5, 5.41) is 0.161. The van der Waals surface area contributed by atoms with Crippen LogP contribution in [0.25, 0.3) is 11.6 Å². The van der Waals surface area contributed by atoms with E-state index in [0.29, 0.717) is 21.1 Å². The van der Waals surface area contributed by atoms with Gasteiger partial charge in [-0.05, 0) is 79.6 Å². The van der Waals surface area contributed by atoms with Gasteiger partial charge in [-0.1, -0.05) is 29.8 Å². The Bertz CT molecular complexity index is 1150. The van der Waals surface area contributed by atoms with Gasteiger partial charge in [-0.15, -0.1) is 0 Å². The number of carbonyl (C=O) groups excluding carboxylic acids is 2. The zero-order valence-electron chi connectivity index (χ0n) is 17.7. The average molecular weight is 457 g/mol. The van der Waals surface area contributed by atoms with Crippen molar-refractivity contribution < 1.29 is 14.0 Å². The first-order valence-corrected chi connectivity index (χ1v) is 11.0. The van der Waals surface area contributed by atoms with E-state index in [9.17, 15) is 14.0 Å². The number of carbonyl (C=O) groups is 2. The third kappa shape index (κ3) is 4.02. The molecule has 1 fully saturated rings. The van der Waals surface area contributed by atoms with Crippen LogP contribution in [-0.2, 0) is 11.3 Å². The number of rotatable bonds is 3. The molecule has 0 unspecified atom stereocenters. The van der Waals surface area contributed by atoms with Crippen LogP contribution in [0.15, 0.2) is 47.4 Å². The van der Waals surface area contributed by atoms with Crippen LogP contribution < -0.4 is 4.90 Å². The zero-order valence-corrected chi connectivity index (χ0v) is 19.3. The highest BCUT2D eigenvalue weighted by Gasteiger charge is 2.35. The van der Waals surface area contributed by atoms with Gasteiger partial charge in [0, 0.05) is 23.3 Å². The molecule has 4 nitrogen and oxygen atoms in total. The molecule has 0 radical (unpaired) electrons. The Morgan fingerprint density at radius 2 is 1.84 bits per heavy atom. The van der Waals surface area contributed by atoms with E-state index >= 15 is 0 Å². The third-order valence-corrected chi connectivity index (χ3v) is 6.98. The van der Waals surface area contributed by atoms with Crippen molar-refractivity contribution in [2.75, 3.05) is 11.9 Å². The van der Waals surface area contributed by atoms with Gasteiger partial charge in [0.25, 0.3) is 11.1 Å². The van der Waals surface area contributed by atoms with Crippen molar-refractivity contribution in [1.29, 1.82) is 0 Å². The average Bonchev–Trinajstić information content (AvgIpc) is 2.96. The molecule has 2 aromatic rings. The first kappa shape index (κ1) is 21.7. The van der Waals surface area contributed by atoms with E-state index in [1.165, 1.54) is 12.1 Å². The lowest BCUT2D eigenvalue weighted by Crippen LogP contribution is -2.42. The number of thioether (sulfide) groups is 1. The van der Waals surface area contributed by atoms with Crippen LogP contribution in [-0.4, -0.2) is 28.6 Å². The fraction of sp³-hybridized carbons (Fsp3) is 0.250. The number of hydrogen-bond acceptors (Lipinski definition) is 4. The maximum Gasteiger partial charge on any atom is 0.293 e. The number of allylic oxidation sites excluding steroid dienone is 1. The summed E-state index contributed by atoms with van der Waals surface area (Å²) in [6.07, 6.45) is 3.87. The molecule has 1 saturated heterocycles. The maximum atomic E-state index is 13.1. The van der Waals surface area contributed by atoms with Crippen molar-refractivity contribution in [1.82, 2.24) is 4.90 Å². The third-order valence-electron chi connectivity index (χ3n) is 5.75. The first-order valence-electron chi connectivity index (χ1n) is 9.84. The van der Waals surface area contributed by atoms with Crippen molar-refractivity contribution >= 4 is 51.8 Å². The molecule has 4 rings (SSSR count). The molecule has 2 heterocycles. The molecule has 31 heavy (non-hydrogen) atoms. The highest BCUT2D eigenvalue weighted by molar-refractivity contribution is 8.18. The van der Waals surface area contributed by atoms with Crippen LogP contribution in [0, 0.1) is 5.82 Å². The number of likely N-dealkylation sites (N-methyl/N-ethyl adjacent to an activating group) is 1. The second-order valence-corrected chi connectivity index (χ2v) is 9.73. The van der Waals surface area contributed by atoms with E-state index in [1.54, 1.807) is 18.2 Å². The van der Waals surface area contributed by atoms with Gasteiger partial charge in [-0.25, -0.2) is 4.39 Å². The SMILES string of the molecule is CC1=CC(C)(C)N(C)c2cc(Cl)c(/C=C3/SC(=O)N(Cc4ccc(F)cc4)C3=O)cc21. The number of benzene rings is 2. The van der Waals surface area contributed by atoms with Gasteiger partial charge < -0.3 is 4.90 Å². The Morgan fingerprint density at radius 1 is 1.16 bits per heavy atom. The molecule has 0 bridgehead atoms. The summed E-state index contributed by atoms with van der Waals surface area (Å²) in [6.45, 7) is 6.43. The lowest BCUT2D eigenvalue weighted by Gasteiger charge is -2.40. The maximum absolute atomic E-state index is 13.1. The summed E-state index contributed by atoms with van der Waals surface area (Å²) in [5.41, 5.74) is 4.44. The van der Waals surface area contributed by atoms with Crippen LogP contribution in [0.1, 0.15) is 37.5 Å². The van der Waals surface area contributed by atoms with Crippen molar-refractivity contribution in [3.8, 4) is 0 Å². The molecule has 2 aromatic carbocycles. The standard InChI is InChI=1S/C24H22ClFN2O2S/c1-14-12-24(2,3)27(4)20-11-19(25)16(9-18(14)20)10-21-22(29)28(23(30)31-21)13-15-5-7-17(26)8-6-15/h5-12H,13H2,1-4H3/b21-10+. The van der Waals surface area contributed by atoms with Crippen molar-refractivity contribution in [2.45, 2.75) is 32.9 Å². The number of hydrogen-bond donors (Lipinski definition) is 0. The topological polar surface area (TPSA) is 40.6 Å². The quantitative estimate of drug-likeness (QED) is 0.505.